The van der Waals surface area contributed by atoms with Gasteiger partial charge in [-0.3, -0.25) is 9.78 Å². The smallest absolute Gasteiger partial charge is 0.222 e. The Bertz CT molecular complexity index is 1550. The van der Waals surface area contributed by atoms with E-state index in [-0.39, 0.29) is 18.9 Å². The zero-order valence-corrected chi connectivity index (χ0v) is 29.4. The standard InChI is InChI=1S/C38H50N2O8S/c1-24(2)28-13-12-27(49-18-6-9-35(44)40(3)21-32(42)36(45)37(46)33(43)22-41)19-25(28)23-47-38(15-16-38)31-20-39-17-14-29(31)30-7-4-5-8-34(30)48-26-10-11-26/h4-5,7-8,12-14,17,19-20,24,26,32-33,36-37,41-43,45-46H,6,9-11,15-16,18,21-23H2,1-3H3/t32-,33+,36+,37+/m0/s1. The number of para-hydroxylation sites is 1. The van der Waals surface area contributed by atoms with Crippen molar-refractivity contribution in [1.29, 1.82) is 0 Å². The summed E-state index contributed by atoms with van der Waals surface area (Å²) in [6.45, 7) is 3.86. The lowest BCUT2D eigenvalue weighted by atomic mass is 9.95. The van der Waals surface area contributed by atoms with Crippen LogP contribution in [0, 0.1) is 0 Å². The van der Waals surface area contributed by atoms with E-state index in [0.717, 1.165) is 58.6 Å². The normalized spacial score (nSPS) is 17.7. The van der Waals surface area contributed by atoms with E-state index in [0.29, 0.717) is 30.8 Å². The molecular formula is C38H50N2O8S. The zero-order valence-electron chi connectivity index (χ0n) is 28.6. The molecule has 10 nitrogen and oxygen atoms in total. The third kappa shape index (κ3) is 9.61. The fraction of sp³-hybridized carbons (Fsp3) is 0.526. The molecule has 49 heavy (non-hydrogen) atoms. The van der Waals surface area contributed by atoms with Gasteiger partial charge in [-0.25, -0.2) is 0 Å². The molecule has 5 rings (SSSR count). The number of hydrogen-bond acceptors (Lipinski definition) is 10. The maximum absolute atomic E-state index is 12.7. The molecule has 1 aromatic heterocycles. The van der Waals surface area contributed by atoms with Crippen molar-refractivity contribution in [3.8, 4) is 16.9 Å². The highest BCUT2D eigenvalue weighted by atomic mass is 32.2. The molecular weight excluding hydrogens is 644 g/mol. The lowest BCUT2D eigenvalue weighted by molar-refractivity contribution is -0.138. The molecule has 1 heterocycles. The van der Waals surface area contributed by atoms with Crippen LogP contribution in [0.2, 0.25) is 0 Å². The number of hydrogen-bond donors (Lipinski definition) is 5. The summed E-state index contributed by atoms with van der Waals surface area (Å²) in [6, 6.07) is 16.8. The fourth-order valence-corrected chi connectivity index (χ4v) is 6.90. The number of ether oxygens (including phenoxy) is 2. The minimum atomic E-state index is -1.73. The van der Waals surface area contributed by atoms with E-state index in [9.17, 15) is 25.2 Å². The van der Waals surface area contributed by atoms with Crippen molar-refractivity contribution in [1.82, 2.24) is 9.88 Å². The lowest BCUT2D eigenvalue weighted by Crippen LogP contribution is -2.49. The Hall–Kier alpha value is -3.03. The van der Waals surface area contributed by atoms with E-state index >= 15 is 0 Å². The van der Waals surface area contributed by atoms with Gasteiger partial charge in [-0.05, 0) is 84.7 Å². The number of nitrogens with zero attached hydrogens (tertiary/aromatic N) is 2. The fourth-order valence-electron chi connectivity index (χ4n) is 5.99. The van der Waals surface area contributed by atoms with E-state index in [1.54, 1.807) is 11.8 Å². The van der Waals surface area contributed by atoms with Crippen LogP contribution in [0.15, 0.2) is 65.8 Å². The van der Waals surface area contributed by atoms with Crippen molar-refractivity contribution >= 4 is 17.7 Å². The molecule has 0 saturated heterocycles. The number of pyridine rings is 1. The number of rotatable bonds is 19. The van der Waals surface area contributed by atoms with Gasteiger partial charge in [0.15, 0.2) is 0 Å². The second-order valence-electron chi connectivity index (χ2n) is 13.6. The zero-order chi connectivity index (χ0) is 35.1. The summed E-state index contributed by atoms with van der Waals surface area (Å²) in [5.74, 6) is 1.72. The van der Waals surface area contributed by atoms with E-state index in [1.165, 1.54) is 17.5 Å². The summed E-state index contributed by atoms with van der Waals surface area (Å²) >= 11 is 1.67. The molecule has 11 heteroatoms. The van der Waals surface area contributed by atoms with E-state index in [2.05, 4.69) is 49.2 Å². The van der Waals surface area contributed by atoms with Crippen molar-refractivity contribution in [3.05, 3.63) is 77.6 Å². The number of benzene rings is 2. The van der Waals surface area contributed by atoms with E-state index < -0.39 is 36.6 Å². The van der Waals surface area contributed by atoms with Gasteiger partial charge in [0.05, 0.1) is 24.9 Å². The number of carbonyl (C=O) groups excluding carboxylic acids is 1. The molecule has 0 radical (unpaired) electrons. The maximum Gasteiger partial charge on any atom is 0.222 e. The predicted octanol–water partition coefficient (Wildman–Crippen LogP) is 4.39. The average molecular weight is 695 g/mol. The molecule has 2 saturated carbocycles. The molecule has 4 atom stereocenters. The number of likely N-dealkylation sites (N-methyl/N-ethyl adjacent to an activating group) is 1. The molecule has 266 valence electrons. The number of aromatic nitrogens is 1. The molecule has 1 amide bonds. The lowest BCUT2D eigenvalue weighted by Gasteiger charge is -2.28. The van der Waals surface area contributed by atoms with Crippen LogP contribution in [0.25, 0.3) is 11.1 Å². The van der Waals surface area contributed by atoms with Gasteiger partial charge in [0, 0.05) is 48.4 Å². The Kier molecular flexibility index (Phi) is 12.8. The summed E-state index contributed by atoms with van der Waals surface area (Å²) in [6.07, 6.45) is 2.47. The van der Waals surface area contributed by atoms with Crippen LogP contribution in [0.1, 0.15) is 75.0 Å². The first-order chi connectivity index (χ1) is 23.5. The van der Waals surface area contributed by atoms with Crippen LogP contribution in [0.4, 0.5) is 0 Å². The summed E-state index contributed by atoms with van der Waals surface area (Å²) < 4.78 is 13.1. The quantitative estimate of drug-likeness (QED) is 0.0903. The van der Waals surface area contributed by atoms with Crippen molar-refractivity contribution in [3.63, 3.8) is 0 Å². The molecule has 0 spiro atoms. The topological polar surface area (TPSA) is 153 Å². The van der Waals surface area contributed by atoms with Gasteiger partial charge < -0.3 is 39.9 Å². The van der Waals surface area contributed by atoms with Gasteiger partial charge in [-0.15, -0.1) is 11.8 Å². The van der Waals surface area contributed by atoms with E-state index in [4.69, 9.17) is 14.6 Å². The molecule has 2 aromatic carbocycles. The predicted molar refractivity (Wildman–Crippen MR) is 188 cm³/mol. The first-order valence-corrected chi connectivity index (χ1v) is 18.2. The number of thioether (sulfide) groups is 1. The average Bonchev–Trinajstić information content (AvgIpc) is 4.06. The van der Waals surface area contributed by atoms with Crippen LogP contribution in [0.3, 0.4) is 0 Å². The number of carbonyl (C=O) groups is 1. The molecule has 0 bridgehead atoms. The maximum atomic E-state index is 12.7. The molecule has 2 fully saturated rings. The van der Waals surface area contributed by atoms with Gasteiger partial charge in [0.2, 0.25) is 5.91 Å². The van der Waals surface area contributed by atoms with Gasteiger partial charge in [-0.2, -0.15) is 0 Å². The Morgan fingerprint density at radius 3 is 2.45 bits per heavy atom. The van der Waals surface area contributed by atoms with Crippen molar-refractivity contribution in [2.75, 3.05) is 26.0 Å². The van der Waals surface area contributed by atoms with Crippen LogP contribution < -0.4 is 4.74 Å². The summed E-state index contributed by atoms with van der Waals surface area (Å²) in [4.78, 5) is 19.6. The largest absolute Gasteiger partial charge is 0.490 e. The summed E-state index contributed by atoms with van der Waals surface area (Å²) in [7, 11) is 1.51. The first-order valence-electron chi connectivity index (χ1n) is 17.2. The second kappa shape index (κ2) is 16.8. The Labute approximate surface area is 293 Å². The van der Waals surface area contributed by atoms with Gasteiger partial charge >= 0.3 is 0 Å². The van der Waals surface area contributed by atoms with Crippen LogP contribution >= 0.6 is 11.8 Å². The monoisotopic (exact) mass is 694 g/mol. The highest BCUT2D eigenvalue weighted by Gasteiger charge is 2.48. The highest BCUT2D eigenvalue weighted by Crippen LogP contribution is 2.53. The minimum absolute atomic E-state index is 0.209. The number of amides is 1. The van der Waals surface area contributed by atoms with Gasteiger partial charge in [0.1, 0.15) is 30.2 Å². The molecule has 0 unspecified atom stereocenters. The van der Waals surface area contributed by atoms with Crippen LogP contribution in [-0.4, -0.2) is 97.8 Å². The summed E-state index contributed by atoms with van der Waals surface area (Å²) in [5, 5.41) is 48.6. The van der Waals surface area contributed by atoms with Gasteiger partial charge in [-0.1, -0.05) is 38.1 Å². The number of aliphatic hydroxyl groups excluding tert-OH is 5. The second-order valence-corrected chi connectivity index (χ2v) is 14.7. The third-order valence-electron chi connectivity index (χ3n) is 9.27. The molecule has 2 aliphatic carbocycles. The Morgan fingerprint density at radius 1 is 1.02 bits per heavy atom. The molecule has 5 N–H and O–H groups in total. The van der Waals surface area contributed by atoms with Crippen LogP contribution in [0.5, 0.6) is 5.75 Å². The molecule has 2 aliphatic rings. The van der Waals surface area contributed by atoms with Crippen molar-refractivity contribution in [2.45, 2.75) is 106 Å². The van der Waals surface area contributed by atoms with Gasteiger partial charge in [0.25, 0.3) is 0 Å². The van der Waals surface area contributed by atoms with Crippen LogP contribution in [-0.2, 0) is 21.7 Å². The Morgan fingerprint density at radius 2 is 1.76 bits per heavy atom. The van der Waals surface area contributed by atoms with E-state index in [1.807, 2.05) is 30.6 Å². The summed E-state index contributed by atoms with van der Waals surface area (Å²) in [5.41, 5.74) is 5.24. The first kappa shape index (κ1) is 37.2. The Balaban J connectivity index is 1.18. The van der Waals surface area contributed by atoms with Crippen molar-refractivity contribution < 1.29 is 39.8 Å². The molecule has 3 aromatic rings. The van der Waals surface area contributed by atoms with Crippen molar-refractivity contribution in [2.24, 2.45) is 0 Å². The molecule has 0 aliphatic heterocycles. The number of aliphatic hydroxyl groups is 5. The minimum Gasteiger partial charge on any atom is -0.490 e. The SMILES string of the molecule is CC(C)c1ccc(SCCCC(=O)N(C)C[C@H](O)[C@@H](O)[C@H](O)[C@H](O)CO)cc1COC1(c2cnccc2-c2ccccc2OC2CC2)CC1. The highest BCUT2D eigenvalue weighted by molar-refractivity contribution is 7.99. The third-order valence-corrected chi connectivity index (χ3v) is 10.3.